The first kappa shape index (κ1) is 18.3. The Morgan fingerprint density at radius 1 is 1.21 bits per heavy atom. The molecule has 1 aliphatic rings. The molecule has 10 heteroatoms. The maximum Gasteiger partial charge on any atom is 0.289 e. The molecule has 28 heavy (non-hydrogen) atoms. The lowest BCUT2D eigenvalue weighted by Gasteiger charge is -2.11. The van der Waals surface area contributed by atoms with Gasteiger partial charge >= 0.3 is 0 Å². The normalized spacial score (nSPS) is 18.8. The Morgan fingerprint density at radius 3 is 2.79 bits per heavy atom. The molecule has 0 bridgehead atoms. The number of aryl methyl sites for hydroxylation is 1. The topological polar surface area (TPSA) is 113 Å². The molecule has 1 saturated heterocycles. The fourth-order valence-electron chi connectivity index (χ4n) is 2.94. The molecule has 1 fully saturated rings. The smallest absolute Gasteiger partial charge is 0.275 e. The molecule has 144 valence electrons. The number of hydrogen-bond donors (Lipinski definition) is 4. The second-order valence-electron chi connectivity index (χ2n) is 6.42. The molecule has 0 aliphatic carbocycles. The number of carbonyl (C=O) groups is 2. The number of rotatable bonds is 4. The van der Waals surface area contributed by atoms with E-state index in [0.717, 1.165) is 11.1 Å². The van der Waals surface area contributed by atoms with Crippen LogP contribution < -0.4 is 21.7 Å². The van der Waals surface area contributed by atoms with Gasteiger partial charge in [0.05, 0.1) is 6.20 Å². The average molecular weight is 397 g/mol. The average Bonchev–Trinajstić information content (AvgIpc) is 3.46. The third kappa shape index (κ3) is 3.93. The molecule has 0 spiro atoms. The van der Waals surface area contributed by atoms with Crippen molar-refractivity contribution < 1.29 is 9.59 Å². The van der Waals surface area contributed by atoms with Gasteiger partial charge in [-0.15, -0.1) is 11.3 Å². The first-order valence-corrected chi connectivity index (χ1v) is 9.59. The minimum absolute atomic E-state index is 0.0354. The SMILES string of the molecule is Cn1cc(-c2nc(C(=O)NNC(=O)C3CC(c4ccccc4)NN3)cs2)cn1. The molecule has 2 unspecified atom stereocenters. The van der Waals surface area contributed by atoms with E-state index in [1.54, 1.807) is 16.3 Å². The van der Waals surface area contributed by atoms with Crippen LogP contribution in [0.25, 0.3) is 10.6 Å². The number of amides is 2. The lowest BCUT2D eigenvalue weighted by molar-refractivity contribution is -0.123. The van der Waals surface area contributed by atoms with Gasteiger partial charge in [0.25, 0.3) is 11.8 Å². The highest BCUT2D eigenvalue weighted by molar-refractivity contribution is 7.13. The number of nitrogens with one attached hydrogen (secondary N) is 4. The molecule has 1 aliphatic heterocycles. The van der Waals surface area contributed by atoms with Crippen molar-refractivity contribution in [3.05, 3.63) is 59.4 Å². The summed E-state index contributed by atoms with van der Waals surface area (Å²) in [6.07, 6.45) is 4.09. The molecular weight excluding hydrogens is 378 g/mol. The monoisotopic (exact) mass is 397 g/mol. The van der Waals surface area contributed by atoms with Gasteiger partial charge in [0.15, 0.2) is 0 Å². The minimum Gasteiger partial charge on any atom is -0.275 e. The van der Waals surface area contributed by atoms with Crippen LogP contribution in [0.4, 0.5) is 0 Å². The highest BCUT2D eigenvalue weighted by Crippen LogP contribution is 2.23. The summed E-state index contributed by atoms with van der Waals surface area (Å²) in [7, 11) is 1.81. The van der Waals surface area contributed by atoms with E-state index in [-0.39, 0.29) is 17.6 Å². The molecular formula is C18H19N7O2S. The summed E-state index contributed by atoms with van der Waals surface area (Å²) in [6.45, 7) is 0. The molecule has 2 aromatic heterocycles. The molecule has 4 N–H and O–H groups in total. The third-order valence-electron chi connectivity index (χ3n) is 4.41. The minimum atomic E-state index is -0.467. The van der Waals surface area contributed by atoms with Crippen LogP contribution in [0.2, 0.25) is 0 Å². The van der Waals surface area contributed by atoms with E-state index in [1.165, 1.54) is 11.3 Å². The highest BCUT2D eigenvalue weighted by Gasteiger charge is 2.30. The lowest BCUT2D eigenvalue weighted by atomic mass is 10.0. The first-order chi connectivity index (χ1) is 13.6. The number of nitrogens with zero attached hydrogens (tertiary/aromatic N) is 3. The lowest BCUT2D eigenvalue weighted by Crippen LogP contribution is -2.50. The molecule has 0 radical (unpaired) electrons. The summed E-state index contributed by atoms with van der Waals surface area (Å²) in [4.78, 5) is 28.9. The van der Waals surface area contributed by atoms with Gasteiger partial charge in [-0.05, 0) is 12.0 Å². The summed E-state index contributed by atoms with van der Waals surface area (Å²) in [5.74, 6) is -0.785. The van der Waals surface area contributed by atoms with Crippen molar-refractivity contribution in [3.8, 4) is 10.6 Å². The summed E-state index contributed by atoms with van der Waals surface area (Å²) in [5.41, 5.74) is 13.1. The zero-order valence-electron chi connectivity index (χ0n) is 15.0. The van der Waals surface area contributed by atoms with E-state index >= 15 is 0 Å². The number of hydrogen-bond acceptors (Lipinski definition) is 7. The number of aromatic nitrogens is 3. The Balaban J connectivity index is 1.30. The molecule has 1 aromatic carbocycles. The molecule has 0 saturated carbocycles. The van der Waals surface area contributed by atoms with Gasteiger partial charge in [0, 0.05) is 30.2 Å². The van der Waals surface area contributed by atoms with E-state index in [0.29, 0.717) is 11.4 Å². The van der Waals surface area contributed by atoms with Gasteiger partial charge < -0.3 is 0 Å². The predicted molar refractivity (Wildman–Crippen MR) is 104 cm³/mol. The fourth-order valence-corrected chi connectivity index (χ4v) is 3.72. The van der Waals surface area contributed by atoms with Crippen LogP contribution in [-0.4, -0.2) is 32.6 Å². The largest absolute Gasteiger partial charge is 0.289 e. The molecule has 2 atom stereocenters. The number of thiazole rings is 1. The van der Waals surface area contributed by atoms with Crippen LogP contribution in [0.15, 0.2) is 48.1 Å². The van der Waals surface area contributed by atoms with Crippen molar-refractivity contribution in [2.24, 2.45) is 7.05 Å². The highest BCUT2D eigenvalue weighted by atomic mass is 32.1. The zero-order valence-corrected chi connectivity index (χ0v) is 15.9. The molecule has 3 aromatic rings. The van der Waals surface area contributed by atoms with Gasteiger partial charge in [0.2, 0.25) is 0 Å². The van der Waals surface area contributed by atoms with E-state index in [9.17, 15) is 9.59 Å². The summed E-state index contributed by atoms with van der Waals surface area (Å²) >= 11 is 1.34. The second kappa shape index (κ2) is 7.89. The molecule has 4 rings (SSSR count). The Morgan fingerprint density at radius 2 is 2.04 bits per heavy atom. The van der Waals surface area contributed by atoms with Crippen molar-refractivity contribution in [3.63, 3.8) is 0 Å². The van der Waals surface area contributed by atoms with E-state index < -0.39 is 11.9 Å². The standard InChI is InChI=1S/C18H19N7O2S/c1-25-9-12(8-19-25)18-20-15(10-28-18)17(27)24-23-16(26)14-7-13(21-22-14)11-5-3-2-4-6-11/h2-6,8-10,13-14,21-22H,7H2,1H3,(H,23,26)(H,24,27). The van der Waals surface area contributed by atoms with Crippen molar-refractivity contribution in [2.45, 2.75) is 18.5 Å². The third-order valence-corrected chi connectivity index (χ3v) is 5.30. The van der Waals surface area contributed by atoms with E-state index in [1.807, 2.05) is 43.6 Å². The maximum atomic E-state index is 12.3. The van der Waals surface area contributed by atoms with Crippen LogP contribution in [0, 0.1) is 0 Å². The Labute approximate surface area is 165 Å². The number of carbonyl (C=O) groups excluding carboxylic acids is 2. The van der Waals surface area contributed by atoms with E-state index in [4.69, 9.17) is 0 Å². The number of benzene rings is 1. The molecule has 3 heterocycles. The quantitative estimate of drug-likeness (QED) is 0.487. The Kier molecular flexibility index (Phi) is 5.15. The van der Waals surface area contributed by atoms with Crippen LogP contribution in [0.5, 0.6) is 0 Å². The van der Waals surface area contributed by atoms with Crippen molar-refractivity contribution in [2.75, 3.05) is 0 Å². The van der Waals surface area contributed by atoms with Crippen molar-refractivity contribution in [1.82, 2.24) is 36.5 Å². The van der Waals surface area contributed by atoms with Crippen LogP contribution in [0.1, 0.15) is 28.5 Å². The van der Waals surface area contributed by atoms with Gasteiger partial charge in [-0.2, -0.15) is 5.10 Å². The van der Waals surface area contributed by atoms with Crippen LogP contribution in [-0.2, 0) is 11.8 Å². The van der Waals surface area contributed by atoms with Crippen molar-refractivity contribution >= 4 is 23.2 Å². The van der Waals surface area contributed by atoms with Gasteiger partial charge in [-0.25, -0.2) is 15.8 Å². The maximum absolute atomic E-state index is 12.3. The fraction of sp³-hybridized carbons (Fsp3) is 0.222. The van der Waals surface area contributed by atoms with Gasteiger partial charge in [-0.1, -0.05) is 30.3 Å². The van der Waals surface area contributed by atoms with Gasteiger partial charge in [-0.3, -0.25) is 25.1 Å². The molecule has 2 amide bonds. The Bertz CT molecular complexity index is 985. The first-order valence-electron chi connectivity index (χ1n) is 8.71. The predicted octanol–water partition coefficient (Wildman–Crippen LogP) is 0.912. The molecule has 9 nitrogen and oxygen atoms in total. The second-order valence-corrected chi connectivity index (χ2v) is 7.28. The van der Waals surface area contributed by atoms with Crippen molar-refractivity contribution in [1.29, 1.82) is 0 Å². The van der Waals surface area contributed by atoms with Crippen LogP contribution in [0.3, 0.4) is 0 Å². The van der Waals surface area contributed by atoms with E-state index in [2.05, 4.69) is 31.8 Å². The summed E-state index contributed by atoms with van der Waals surface area (Å²) in [6, 6.07) is 9.45. The Hall–Kier alpha value is -3.08. The van der Waals surface area contributed by atoms with Crippen LogP contribution >= 0.6 is 11.3 Å². The summed E-state index contributed by atoms with van der Waals surface area (Å²) in [5, 5.41) is 6.43. The zero-order chi connectivity index (χ0) is 19.5. The summed E-state index contributed by atoms with van der Waals surface area (Å²) < 4.78 is 1.67. The number of hydrazine groups is 2. The van der Waals surface area contributed by atoms with Gasteiger partial charge in [0.1, 0.15) is 16.7 Å².